The highest BCUT2D eigenvalue weighted by Crippen LogP contribution is 2.28. The van der Waals surface area contributed by atoms with Gasteiger partial charge in [-0.15, -0.1) is 10.2 Å². The topological polar surface area (TPSA) is 80.9 Å². The van der Waals surface area contributed by atoms with Crippen LogP contribution in [0.3, 0.4) is 0 Å². The van der Waals surface area contributed by atoms with Crippen LogP contribution in [0.25, 0.3) is 0 Å². The zero-order chi connectivity index (χ0) is 18.8. The molecule has 27 heavy (non-hydrogen) atoms. The van der Waals surface area contributed by atoms with Gasteiger partial charge in [0.05, 0.1) is 24.1 Å². The van der Waals surface area contributed by atoms with Gasteiger partial charge in [-0.25, -0.2) is 0 Å². The summed E-state index contributed by atoms with van der Waals surface area (Å²) in [6, 6.07) is 0. The number of nitrogens with one attached hydrogen (secondary N) is 1. The van der Waals surface area contributed by atoms with Gasteiger partial charge in [0.2, 0.25) is 5.91 Å². The minimum atomic E-state index is 0.0286. The Hall–Kier alpha value is -2.22. The third-order valence-corrected chi connectivity index (χ3v) is 5.97. The number of anilines is 1. The Labute approximate surface area is 159 Å². The number of carbonyl (C=O) groups excluding carboxylic acids is 1. The lowest BCUT2D eigenvalue weighted by atomic mass is 9.96. The second kappa shape index (κ2) is 7.80. The Balaban J connectivity index is 1.31. The maximum Gasteiger partial charge on any atom is 0.238 e. The average molecular weight is 371 g/mol. The predicted molar refractivity (Wildman–Crippen MR) is 103 cm³/mol. The lowest BCUT2D eigenvalue weighted by Crippen LogP contribution is -2.39. The van der Waals surface area contributed by atoms with Gasteiger partial charge in [-0.2, -0.15) is 5.10 Å². The molecule has 0 aliphatic carbocycles. The van der Waals surface area contributed by atoms with Crippen LogP contribution in [-0.2, 0) is 24.8 Å². The fourth-order valence-corrected chi connectivity index (χ4v) is 4.17. The van der Waals surface area contributed by atoms with E-state index >= 15 is 0 Å². The number of nitrogens with zero attached hydrogens (tertiary/aromatic N) is 6. The molecule has 0 unspecified atom stereocenters. The summed E-state index contributed by atoms with van der Waals surface area (Å²) in [5, 5.41) is 16.1. The van der Waals surface area contributed by atoms with Crippen molar-refractivity contribution in [3.63, 3.8) is 0 Å². The predicted octanol–water partition coefficient (Wildman–Crippen LogP) is 1.86. The van der Waals surface area contributed by atoms with Crippen molar-refractivity contribution >= 4 is 11.6 Å². The van der Waals surface area contributed by atoms with Gasteiger partial charge in [0.25, 0.3) is 0 Å². The molecule has 2 aliphatic rings. The summed E-state index contributed by atoms with van der Waals surface area (Å²) in [5.41, 5.74) is 1.76. The smallest absolute Gasteiger partial charge is 0.238 e. The molecule has 0 radical (unpaired) electrons. The van der Waals surface area contributed by atoms with Gasteiger partial charge >= 0.3 is 0 Å². The zero-order valence-corrected chi connectivity index (χ0v) is 16.3. The van der Waals surface area contributed by atoms with Crippen LogP contribution in [0.1, 0.15) is 55.4 Å². The first-order valence-corrected chi connectivity index (χ1v) is 10.0. The van der Waals surface area contributed by atoms with Crippen LogP contribution in [0, 0.1) is 6.92 Å². The second-order valence-electron chi connectivity index (χ2n) is 7.80. The summed E-state index contributed by atoms with van der Waals surface area (Å²) in [6.45, 7) is 5.29. The molecule has 0 saturated carbocycles. The Morgan fingerprint density at radius 2 is 2.00 bits per heavy atom. The largest absolute Gasteiger partial charge is 0.322 e. The van der Waals surface area contributed by atoms with Gasteiger partial charge < -0.3 is 9.88 Å². The highest BCUT2D eigenvalue weighted by atomic mass is 16.2. The third-order valence-electron chi connectivity index (χ3n) is 5.97. The van der Waals surface area contributed by atoms with Gasteiger partial charge in [-0.05, 0) is 45.7 Å². The lowest BCUT2D eigenvalue weighted by molar-refractivity contribution is -0.117. The van der Waals surface area contributed by atoms with Crippen molar-refractivity contribution in [2.75, 3.05) is 25.0 Å². The molecule has 0 aromatic carbocycles. The zero-order valence-electron chi connectivity index (χ0n) is 16.3. The van der Waals surface area contributed by atoms with Crippen LogP contribution in [-0.4, -0.2) is 55.0 Å². The number of hydrogen-bond donors (Lipinski definition) is 1. The van der Waals surface area contributed by atoms with E-state index in [1.54, 1.807) is 10.9 Å². The monoisotopic (exact) mass is 371 g/mol. The number of aryl methyl sites for hydroxylation is 2. The quantitative estimate of drug-likeness (QED) is 0.887. The molecule has 1 N–H and O–H groups in total. The van der Waals surface area contributed by atoms with Crippen LogP contribution in [0.15, 0.2) is 6.20 Å². The van der Waals surface area contributed by atoms with Crippen molar-refractivity contribution in [3.05, 3.63) is 23.5 Å². The number of fused-ring (bicyclic) bond motifs is 1. The van der Waals surface area contributed by atoms with Gasteiger partial charge in [0.1, 0.15) is 11.6 Å². The normalized spacial score (nSPS) is 18.9. The van der Waals surface area contributed by atoms with Crippen LogP contribution in [0.4, 0.5) is 5.69 Å². The van der Waals surface area contributed by atoms with Gasteiger partial charge in [0.15, 0.2) is 0 Å². The third kappa shape index (κ3) is 3.90. The van der Waals surface area contributed by atoms with Gasteiger partial charge in [-0.3, -0.25) is 14.4 Å². The van der Waals surface area contributed by atoms with Gasteiger partial charge in [-0.1, -0.05) is 6.42 Å². The van der Waals surface area contributed by atoms with Crippen LogP contribution >= 0.6 is 0 Å². The molecule has 4 heterocycles. The Kier molecular flexibility index (Phi) is 5.24. The fourth-order valence-electron chi connectivity index (χ4n) is 4.17. The Morgan fingerprint density at radius 3 is 2.74 bits per heavy atom. The van der Waals surface area contributed by atoms with E-state index in [-0.39, 0.29) is 5.91 Å². The average Bonchev–Trinajstić information content (AvgIpc) is 3.11. The second-order valence-corrected chi connectivity index (χ2v) is 7.80. The first-order valence-electron chi connectivity index (χ1n) is 10.0. The number of likely N-dealkylation sites (tertiary alicyclic amines) is 1. The molecular formula is C19H29N7O. The molecule has 0 bridgehead atoms. The summed E-state index contributed by atoms with van der Waals surface area (Å²) >= 11 is 0. The van der Waals surface area contributed by atoms with E-state index in [1.165, 1.54) is 25.1 Å². The maximum absolute atomic E-state index is 12.4. The van der Waals surface area contributed by atoms with Crippen molar-refractivity contribution in [1.29, 1.82) is 0 Å². The highest BCUT2D eigenvalue weighted by Gasteiger charge is 2.27. The number of piperidine rings is 1. The summed E-state index contributed by atoms with van der Waals surface area (Å²) in [7, 11) is 1.88. The summed E-state index contributed by atoms with van der Waals surface area (Å²) in [5.74, 6) is 2.82. The van der Waals surface area contributed by atoms with E-state index in [1.807, 2.05) is 14.0 Å². The van der Waals surface area contributed by atoms with E-state index in [9.17, 15) is 4.79 Å². The molecule has 2 aliphatic heterocycles. The minimum Gasteiger partial charge on any atom is -0.322 e. The van der Waals surface area contributed by atoms with Crippen molar-refractivity contribution < 1.29 is 4.79 Å². The summed E-state index contributed by atoms with van der Waals surface area (Å²) < 4.78 is 4.13. The first-order chi connectivity index (χ1) is 13.1. The van der Waals surface area contributed by atoms with Crippen molar-refractivity contribution in [3.8, 4) is 0 Å². The Morgan fingerprint density at radius 1 is 1.19 bits per heavy atom. The van der Waals surface area contributed by atoms with Crippen molar-refractivity contribution in [2.45, 2.75) is 57.9 Å². The van der Waals surface area contributed by atoms with Crippen LogP contribution < -0.4 is 5.32 Å². The van der Waals surface area contributed by atoms with E-state index < -0.39 is 0 Å². The highest BCUT2D eigenvalue weighted by molar-refractivity contribution is 5.92. The van der Waals surface area contributed by atoms with E-state index in [0.717, 1.165) is 56.1 Å². The van der Waals surface area contributed by atoms with E-state index in [0.29, 0.717) is 12.5 Å². The number of rotatable bonds is 4. The number of aromatic nitrogens is 5. The Bertz CT molecular complexity index is 801. The maximum atomic E-state index is 12.4. The van der Waals surface area contributed by atoms with Gasteiger partial charge in [0, 0.05) is 25.9 Å². The van der Waals surface area contributed by atoms with E-state index in [4.69, 9.17) is 0 Å². The molecule has 0 atom stereocenters. The molecule has 1 amide bonds. The molecule has 8 nitrogen and oxygen atoms in total. The number of carbonyl (C=O) groups is 1. The first kappa shape index (κ1) is 18.2. The molecular weight excluding hydrogens is 342 g/mol. The standard InChI is InChI=1S/C19H29N7O/c1-14-16(12-20-24(14)2)21-18(27)13-25-10-7-15(8-11-25)19-23-22-17-6-4-3-5-9-26(17)19/h12,15H,3-11,13H2,1-2H3,(H,21,27). The molecule has 4 rings (SSSR count). The summed E-state index contributed by atoms with van der Waals surface area (Å²) in [4.78, 5) is 14.6. The number of hydrogen-bond acceptors (Lipinski definition) is 5. The van der Waals surface area contributed by atoms with Crippen LogP contribution in [0.2, 0.25) is 0 Å². The molecule has 1 saturated heterocycles. The molecule has 2 aromatic rings. The SMILES string of the molecule is Cc1c(NC(=O)CN2CCC(c3nnc4n3CCCCC4)CC2)cnn1C. The molecule has 2 aromatic heterocycles. The molecule has 1 fully saturated rings. The van der Waals surface area contributed by atoms with Crippen molar-refractivity contribution in [2.24, 2.45) is 7.05 Å². The lowest BCUT2D eigenvalue weighted by Gasteiger charge is -2.31. The van der Waals surface area contributed by atoms with Crippen LogP contribution in [0.5, 0.6) is 0 Å². The molecule has 8 heteroatoms. The molecule has 146 valence electrons. The number of amides is 1. The fraction of sp³-hybridized carbons (Fsp3) is 0.684. The van der Waals surface area contributed by atoms with Crippen molar-refractivity contribution in [1.82, 2.24) is 29.4 Å². The van der Waals surface area contributed by atoms with E-state index in [2.05, 4.69) is 30.1 Å². The minimum absolute atomic E-state index is 0.0286. The molecule has 0 spiro atoms. The summed E-state index contributed by atoms with van der Waals surface area (Å²) in [6.07, 6.45) is 8.57.